The average molecular weight is 421 g/mol. The Balaban J connectivity index is 2.02. The van der Waals surface area contributed by atoms with Gasteiger partial charge >= 0.3 is 5.69 Å². The predicted octanol–water partition coefficient (Wildman–Crippen LogP) is 1.68. The van der Waals surface area contributed by atoms with Crippen molar-refractivity contribution in [3.63, 3.8) is 0 Å². The molecule has 0 saturated carbocycles. The van der Waals surface area contributed by atoms with E-state index in [0.717, 1.165) is 10.8 Å². The number of nitrogens with zero attached hydrogens (tertiary/aromatic N) is 3. The largest absolute Gasteiger partial charge is 0.347 e. The fraction of sp³-hybridized carbons (Fsp3) is 0.167. The molecular weight excluding hydrogens is 404 g/mol. The van der Waals surface area contributed by atoms with E-state index in [1.54, 1.807) is 18.2 Å². The van der Waals surface area contributed by atoms with Crippen LogP contribution in [0.3, 0.4) is 0 Å². The summed E-state index contributed by atoms with van der Waals surface area (Å²) in [5.74, 6) is 0.0767. The highest BCUT2D eigenvalue weighted by Crippen LogP contribution is 2.22. The number of nitrogens with two attached hydrogens (primary N) is 1. The molecule has 0 aliphatic rings. The molecule has 0 spiro atoms. The Morgan fingerprint density at radius 2 is 1.90 bits per heavy atom. The molecule has 0 amide bonds. The van der Waals surface area contributed by atoms with E-state index in [1.807, 2.05) is 0 Å². The fourth-order valence-corrected chi connectivity index (χ4v) is 3.34. The zero-order valence-corrected chi connectivity index (χ0v) is 16.1. The standard InChI is InChI=1S/C18H17F2N5O3S/c1-29(27,28)14-4-2-11(3-5-14)15-9-13(6-7-22-15)25-16(23-24-18(25)26)8-12(10-21)17(19)20/h2-7,9H,8,10,21H2,1H3,(H,24,26). The van der Waals surface area contributed by atoms with E-state index in [-0.39, 0.29) is 29.3 Å². The first-order valence-corrected chi connectivity index (χ1v) is 10.3. The van der Waals surface area contributed by atoms with Crippen LogP contribution in [0.25, 0.3) is 16.9 Å². The Kier molecular flexibility index (Phi) is 5.71. The third-order valence-electron chi connectivity index (χ3n) is 4.21. The molecule has 2 heterocycles. The van der Waals surface area contributed by atoms with Gasteiger partial charge in [-0.25, -0.2) is 22.9 Å². The molecule has 0 radical (unpaired) electrons. The zero-order chi connectivity index (χ0) is 21.2. The van der Waals surface area contributed by atoms with E-state index >= 15 is 0 Å². The number of aromatic amines is 1. The lowest BCUT2D eigenvalue weighted by Crippen LogP contribution is -2.18. The van der Waals surface area contributed by atoms with Crippen LogP contribution in [0, 0.1) is 0 Å². The lowest BCUT2D eigenvalue weighted by Gasteiger charge is -2.09. The van der Waals surface area contributed by atoms with Crippen molar-refractivity contribution < 1.29 is 17.2 Å². The van der Waals surface area contributed by atoms with Crippen LogP contribution in [0.5, 0.6) is 0 Å². The highest BCUT2D eigenvalue weighted by molar-refractivity contribution is 7.90. The van der Waals surface area contributed by atoms with E-state index in [1.165, 1.54) is 24.4 Å². The number of H-pyrrole nitrogens is 1. The minimum absolute atomic E-state index is 0.0767. The Morgan fingerprint density at radius 1 is 1.21 bits per heavy atom. The van der Waals surface area contributed by atoms with E-state index in [9.17, 15) is 22.0 Å². The molecule has 0 atom stereocenters. The number of aromatic nitrogens is 4. The lowest BCUT2D eigenvalue weighted by molar-refractivity contribution is 0.407. The number of pyridine rings is 1. The van der Waals surface area contributed by atoms with Gasteiger partial charge in [0.15, 0.2) is 9.84 Å². The monoisotopic (exact) mass is 421 g/mol. The summed E-state index contributed by atoms with van der Waals surface area (Å²) in [7, 11) is -3.33. The molecule has 0 saturated heterocycles. The maximum absolute atomic E-state index is 12.9. The maximum Gasteiger partial charge on any atom is 0.347 e. The van der Waals surface area contributed by atoms with Gasteiger partial charge in [0.05, 0.1) is 16.3 Å². The third kappa shape index (κ3) is 4.46. The second-order valence-corrected chi connectivity index (χ2v) is 8.24. The number of hydrogen-bond acceptors (Lipinski definition) is 6. The van der Waals surface area contributed by atoms with Gasteiger partial charge in [-0.1, -0.05) is 12.1 Å². The smallest absolute Gasteiger partial charge is 0.327 e. The molecule has 0 unspecified atom stereocenters. The van der Waals surface area contributed by atoms with Crippen LogP contribution >= 0.6 is 0 Å². The zero-order valence-electron chi connectivity index (χ0n) is 15.3. The van der Waals surface area contributed by atoms with Crippen molar-refractivity contribution in [3.05, 3.63) is 70.6 Å². The van der Waals surface area contributed by atoms with Crippen molar-refractivity contribution in [2.45, 2.75) is 11.3 Å². The average Bonchev–Trinajstić information content (AvgIpc) is 3.05. The van der Waals surface area contributed by atoms with E-state index in [4.69, 9.17) is 5.73 Å². The Labute approximate surface area is 164 Å². The maximum atomic E-state index is 12.9. The van der Waals surface area contributed by atoms with Gasteiger partial charge in [-0.05, 0) is 24.3 Å². The molecule has 1 aromatic carbocycles. The van der Waals surface area contributed by atoms with Crippen LogP contribution in [0.2, 0.25) is 0 Å². The molecular formula is C18H17F2N5O3S. The van der Waals surface area contributed by atoms with Crippen molar-refractivity contribution >= 4 is 9.84 Å². The highest BCUT2D eigenvalue weighted by Gasteiger charge is 2.16. The van der Waals surface area contributed by atoms with Crippen LogP contribution in [0.4, 0.5) is 8.78 Å². The number of nitrogens with one attached hydrogen (secondary N) is 1. The first-order valence-electron chi connectivity index (χ1n) is 8.37. The fourth-order valence-electron chi connectivity index (χ4n) is 2.71. The molecule has 8 nitrogen and oxygen atoms in total. The first-order chi connectivity index (χ1) is 13.7. The minimum Gasteiger partial charge on any atom is -0.327 e. The molecule has 0 aliphatic carbocycles. The SMILES string of the molecule is CS(=O)(=O)c1ccc(-c2cc(-n3c(CC(CN)=C(F)F)n[nH]c3=O)ccn2)cc1. The summed E-state index contributed by atoms with van der Waals surface area (Å²) in [6.07, 6.45) is 0.361. The molecule has 29 heavy (non-hydrogen) atoms. The molecule has 3 aromatic rings. The molecule has 11 heteroatoms. The number of benzene rings is 1. The van der Waals surface area contributed by atoms with Crippen molar-refractivity contribution in [2.75, 3.05) is 12.8 Å². The molecule has 2 aromatic heterocycles. The van der Waals surface area contributed by atoms with Crippen LogP contribution in [0.15, 0.2) is 63.9 Å². The predicted molar refractivity (Wildman–Crippen MR) is 103 cm³/mol. The van der Waals surface area contributed by atoms with Crippen molar-refractivity contribution in [1.82, 2.24) is 19.7 Å². The van der Waals surface area contributed by atoms with Crippen LogP contribution in [-0.2, 0) is 16.3 Å². The second kappa shape index (κ2) is 8.05. The van der Waals surface area contributed by atoms with E-state index in [2.05, 4.69) is 15.2 Å². The summed E-state index contributed by atoms with van der Waals surface area (Å²) in [6.45, 7) is -0.363. The van der Waals surface area contributed by atoms with Gasteiger partial charge in [0, 0.05) is 36.6 Å². The Morgan fingerprint density at radius 3 is 2.48 bits per heavy atom. The van der Waals surface area contributed by atoms with Gasteiger partial charge in [0.2, 0.25) is 0 Å². The molecule has 0 aliphatic heterocycles. The number of rotatable bonds is 6. The van der Waals surface area contributed by atoms with Gasteiger partial charge < -0.3 is 5.73 Å². The topological polar surface area (TPSA) is 124 Å². The molecule has 0 fully saturated rings. The molecule has 0 bridgehead atoms. The number of halogens is 2. The lowest BCUT2D eigenvalue weighted by atomic mass is 10.1. The first kappa shape index (κ1) is 20.6. The van der Waals surface area contributed by atoms with E-state index < -0.39 is 21.6 Å². The van der Waals surface area contributed by atoms with E-state index in [0.29, 0.717) is 16.9 Å². The normalized spacial score (nSPS) is 11.4. The van der Waals surface area contributed by atoms with Crippen LogP contribution in [-0.4, -0.2) is 41.0 Å². The van der Waals surface area contributed by atoms with Gasteiger partial charge in [-0.15, -0.1) is 0 Å². The summed E-state index contributed by atoms with van der Waals surface area (Å²) in [5.41, 5.74) is 5.88. The molecule has 3 rings (SSSR count). The van der Waals surface area contributed by atoms with Gasteiger partial charge in [-0.2, -0.15) is 13.9 Å². The summed E-state index contributed by atoms with van der Waals surface area (Å²) in [5, 5.41) is 6.07. The van der Waals surface area contributed by atoms with Crippen molar-refractivity contribution in [2.24, 2.45) is 5.73 Å². The van der Waals surface area contributed by atoms with Crippen LogP contribution in [0.1, 0.15) is 5.82 Å². The highest BCUT2D eigenvalue weighted by atomic mass is 32.2. The van der Waals surface area contributed by atoms with Gasteiger partial charge in [0.1, 0.15) is 5.82 Å². The number of hydrogen-bond donors (Lipinski definition) is 2. The minimum atomic E-state index is -3.33. The third-order valence-corrected chi connectivity index (χ3v) is 5.34. The summed E-state index contributed by atoms with van der Waals surface area (Å²) in [6, 6.07) is 9.21. The van der Waals surface area contributed by atoms with Crippen molar-refractivity contribution in [1.29, 1.82) is 0 Å². The van der Waals surface area contributed by atoms with Gasteiger partial charge in [-0.3, -0.25) is 4.98 Å². The molecule has 3 N–H and O–H groups in total. The van der Waals surface area contributed by atoms with Crippen molar-refractivity contribution in [3.8, 4) is 16.9 Å². The quantitative estimate of drug-likeness (QED) is 0.624. The van der Waals surface area contributed by atoms with Gasteiger partial charge in [0.25, 0.3) is 6.08 Å². The Bertz CT molecular complexity index is 1230. The second-order valence-electron chi connectivity index (χ2n) is 6.22. The summed E-state index contributed by atoms with van der Waals surface area (Å²) >= 11 is 0. The Hall–Kier alpha value is -3.18. The molecule has 152 valence electrons. The summed E-state index contributed by atoms with van der Waals surface area (Å²) < 4.78 is 50.3. The van der Waals surface area contributed by atoms with Crippen LogP contribution < -0.4 is 11.4 Å². The summed E-state index contributed by atoms with van der Waals surface area (Å²) in [4.78, 5) is 16.6. The number of sulfone groups is 1.